The summed E-state index contributed by atoms with van der Waals surface area (Å²) in [7, 11) is -2.55. The molecule has 1 N–H and O–H groups in total. The molecule has 2 heterocycles. The number of para-hydroxylation sites is 1. The zero-order valence-electron chi connectivity index (χ0n) is 18.6. The number of hydrogen-bond donors (Lipinski definition) is 1. The van der Waals surface area contributed by atoms with Gasteiger partial charge in [0.1, 0.15) is 10.6 Å². The molecule has 0 saturated heterocycles. The predicted octanol–water partition coefficient (Wildman–Crippen LogP) is 4.64. The van der Waals surface area contributed by atoms with E-state index in [0.717, 1.165) is 22.9 Å². The Labute approximate surface area is 198 Å². The molecule has 172 valence electrons. The summed E-state index contributed by atoms with van der Waals surface area (Å²) in [6.45, 7) is 0.363. The van der Waals surface area contributed by atoms with Crippen molar-refractivity contribution in [2.45, 2.75) is 17.7 Å². The van der Waals surface area contributed by atoms with Crippen molar-refractivity contribution in [3.05, 3.63) is 90.1 Å². The van der Waals surface area contributed by atoms with Crippen molar-refractivity contribution in [1.82, 2.24) is 4.98 Å². The average Bonchev–Trinajstić information content (AvgIpc) is 2.88. The van der Waals surface area contributed by atoms with E-state index in [1.54, 1.807) is 24.4 Å². The number of ether oxygens (including phenoxy) is 1. The standard InChI is InChI=1S/C26H23N3O4S/c1-33-24-14-13-19(26(30)28-22-11-4-10-21-20(22)9-5-15-27-21)17-25(24)34(31,32)29-16-6-8-18-7-2-3-12-23(18)29/h2-5,7,9-15,17H,6,8,16H2,1H3,(H,28,30). The van der Waals surface area contributed by atoms with Crippen LogP contribution in [0.5, 0.6) is 5.75 Å². The molecule has 0 fully saturated rings. The lowest BCUT2D eigenvalue weighted by atomic mass is 10.0. The summed E-state index contributed by atoms with van der Waals surface area (Å²) in [5.41, 5.74) is 3.21. The van der Waals surface area contributed by atoms with Crippen molar-refractivity contribution >= 4 is 38.2 Å². The minimum atomic E-state index is -3.96. The summed E-state index contributed by atoms with van der Waals surface area (Å²) < 4.78 is 34.3. The minimum Gasteiger partial charge on any atom is -0.495 e. The quantitative estimate of drug-likeness (QED) is 0.456. The Morgan fingerprint density at radius 3 is 2.74 bits per heavy atom. The molecule has 3 aromatic carbocycles. The Balaban J connectivity index is 1.53. The van der Waals surface area contributed by atoms with E-state index in [0.29, 0.717) is 24.3 Å². The Morgan fingerprint density at radius 2 is 1.88 bits per heavy atom. The fourth-order valence-corrected chi connectivity index (χ4v) is 6.02. The van der Waals surface area contributed by atoms with Crippen molar-refractivity contribution in [2.24, 2.45) is 0 Å². The normalized spacial score (nSPS) is 13.4. The van der Waals surface area contributed by atoms with Gasteiger partial charge in [0.2, 0.25) is 0 Å². The van der Waals surface area contributed by atoms with Crippen LogP contribution in [0.4, 0.5) is 11.4 Å². The maximum absolute atomic E-state index is 13.7. The van der Waals surface area contributed by atoms with Gasteiger partial charge in [-0.05, 0) is 66.9 Å². The number of nitrogens with zero attached hydrogens (tertiary/aromatic N) is 2. The first-order chi connectivity index (χ1) is 16.5. The number of fused-ring (bicyclic) bond motifs is 2. The number of carbonyl (C=O) groups excluding carboxylic acids is 1. The monoisotopic (exact) mass is 473 g/mol. The average molecular weight is 474 g/mol. The summed E-state index contributed by atoms with van der Waals surface area (Å²) in [6, 6.07) is 21.1. The SMILES string of the molecule is COc1ccc(C(=O)Nc2cccc3ncccc23)cc1S(=O)(=O)N1CCCc2ccccc21. The summed E-state index contributed by atoms with van der Waals surface area (Å²) >= 11 is 0. The van der Waals surface area contributed by atoms with Crippen LogP contribution in [-0.2, 0) is 16.4 Å². The molecule has 34 heavy (non-hydrogen) atoms. The third-order valence-corrected chi connectivity index (χ3v) is 7.79. The molecule has 1 aliphatic rings. The molecule has 0 saturated carbocycles. The third kappa shape index (κ3) is 3.86. The number of carbonyl (C=O) groups is 1. The Hall–Kier alpha value is -3.91. The summed E-state index contributed by atoms with van der Waals surface area (Å²) in [5.74, 6) is -0.233. The lowest BCUT2D eigenvalue weighted by Crippen LogP contribution is -2.35. The van der Waals surface area contributed by atoms with Crippen LogP contribution in [0.25, 0.3) is 10.9 Å². The highest BCUT2D eigenvalue weighted by molar-refractivity contribution is 7.93. The largest absolute Gasteiger partial charge is 0.495 e. The van der Waals surface area contributed by atoms with Crippen molar-refractivity contribution in [3.63, 3.8) is 0 Å². The van der Waals surface area contributed by atoms with Crippen LogP contribution in [0.15, 0.2) is 83.9 Å². The van der Waals surface area contributed by atoms with Gasteiger partial charge in [-0.15, -0.1) is 0 Å². The number of hydrogen-bond acceptors (Lipinski definition) is 5. The van der Waals surface area contributed by atoms with Gasteiger partial charge in [0.25, 0.3) is 15.9 Å². The summed E-state index contributed by atoms with van der Waals surface area (Å²) in [6.07, 6.45) is 3.23. The van der Waals surface area contributed by atoms with E-state index in [2.05, 4.69) is 10.3 Å². The van der Waals surface area contributed by atoms with Crippen LogP contribution in [0, 0.1) is 0 Å². The van der Waals surface area contributed by atoms with Gasteiger partial charge in [0, 0.05) is 23.7 Å². The van der Waals surface area contributed by atoms with Gasteiger partial charge >= 0.3 is 0 Å². The molecule has 0 unspecified atom stereocenters. The number of aromatic nitrogens is 1. The highest BCUT2D eigenvalue weighted by Gasteiger charge is 2.32. The minimum absolute atomic E-state index is 0.0426. The number of benzene rings is 3. The molecule has 1 aromatic heterocycles. The van der Waals surface area contributed by atoms with Crippen molar-refractivity contribution in [2.75, 3.05) is 23.3 Å². The van der Waals surface area contributed by atoms with Gasteiger partial charge in [-0.2, -0.15) is 0 Å². The molecule has 8 heteroatoms. The number of rotatable bonds is 5. The lowest BCUT2D eigenvalue weighted by Gasteiger charge is -2.31. The van der Waals surface area contributed by atoms with Crippen LogP contribution in [0.1, 0.15) is 22.3 Å². The zero-order valence-corrected chi connectivity index (χ0v) is 19.4. The molecular weight excluding hydrogens is 450 g/mol. The number of sulfonamides is 1. The van der Waals surface area contributed by atoms with E-state index < -0.39 is 15.9 Å². The Kier molecular flexibility index (Phi) is 5.67. The highest BCUT2D eigenvalue weighted by atomic mass is 32.2. The van der Waals surface area contributed by atoms with Crippen LogP contribution >= 0.6 is 0 Å². The molecule has 4 aromatic rings. The van der Waals surface area contributed by atoms with Crippen molar-refractivity contribution < 1.29 is 17.9 Å². The van der Waals surface area contributed by atoms with Gasteiger partial charge in [0.15, 0.2) is 0 Å². The molecule has 0 spiro atoms. The second-order valence-electron chi connectivity index (χ2n) is 8.00. The first-order valence-corrected chi connectivity index (χ1v) is 12.4. The molecule has 5 rings (SSSR count). The third-order valence-electron chi connectivity index (χ3n) is 5.96. The number of aryl methyl sites for hydroxylation is 1. The molecule has 0 atom stereocenters. The number of anilines is 2. The molecular formula is C26H23N3O4S. The first-order valence-electron chi connectivity index (χ1n) is 10.9. The van der Waals surface area contributed by atoms with E-state index in [9.17, 15) is 13.2 Å². The topological polar surface area (TPSA) is 88.6 Å². The van der Waals surface area contributed by atoms with E-state index in [-0.39, 0.29) is 16.2 Å². The Bertz CT molecular complexity index is 1500. The maximum Gasteiger partial charge on any atom is 0.268 e. The molecule has 0 bridgehead atoms. The number of pyridine rings is 1. The molecule has 1 aliphatic heterocycles. The lowest BCUT2D eigenvalue weighted by molar-refractivity contribution is 0.102. The molecule has 7 nitrogen and oxygen atoms in total. The van der Waals surface area contributed by atoms with Crippen LogP contribution < -0.4 is 14.4 Å². The van der Waals surface area contributed by atoms with E-state index in [1.807, 2.05) is 42.5 Å². The maximum atomic E-state index is 13.7. The smallest absolute Gasteiger partial charge is 0.268 e. The van der Waals surface area contributed by atoms with Gasteiger partial charge < -0.3 is 10.1 Å². The van der Waals surface area contributed by atoms with E-state index in [1.165, 1.54) is 23.5 Å². The molecule has 1 amide bonds. The second kappa shape index (κ2) is 8.79. The van der Waals surface area contributed by atoms with Crippen molar-refractivity contribution in [3.8, 4) is 5.75 Å². The fourth-order valence-electron chi connectivity index (χ4n) is 4.29. The van der Waals surface area contributed by atoms with Gasteiger partial charge in [-0.25, -0.2) is 8.42 Å². The molecule has 0 aliphatic carbocycles. The van der Waals surface area contributed by atoms with Crippen LogP contribution in [0.3, 0.4) is 0 Å². The van der Waals surface area contributed by atoms with E-state index in [4.69, 9.17) is 4.74 Å². The van der Waals surface area contributed by atoms with E-state index >= 15 is 0 Å². The number of methoxy groups -OCH3 is 1. The van der Waals surface area contributed by atoms with Gasteiger partial charge in [-0.1, -0.05) is 24.3 Å². The summed E-state index contributed by atoms with van der Waals surface area (Å²) in [5, 5.41) is 3.68. The fraction of sp³-hybridized carbons (Fsp3) is 0.154. The molecule has 0 radical (unpaired) electrons. The highest BCUT2D eigenvalue weighted by Crippen LogP contribution is 2.35. The first kappa shape index (κ1) is 21.9. The number of nitrogens with one attached hydrogen (secondary N) is 1. The van der Waals surface area contributed by atoms with Gasteiger partial charge in [-0.3, -0.25) is 14.1 Å². The van der Waals surface area contributed by atoms with Crippen molar-refractivity contribution in [1.29, 1.82) is 0 Å². The predicted molar refractivity (Wildman–Crippen MR) is 132 cm³/mol. The Morgan fingerprint density at radius 1 is 1.03 bits per heavy atom. The number of amides is 1. The van der Waals surface area contributed by atoms with Gasteiger partial charge in [0.05, 0.1) is 24.0 Å². The zero-order chi connectivity index (χ0) is 23.7. The summed E-state index contributed by atoms with van der Waals surface area (Å²) in [4.78, 5) is 17.4. The van der Waals surface area contributed by atoms with Crippen LogP contribution in [0.2, 0.25) is 0 Å². The van der Waals surface area contributed by atoms with Crippen LogP contribution in [-0.4, -0.2) is 33.0 Å². The second-order valence-corrected chi connectivity index (χ2v) is 9.84.